The average Bonchev–Trinajstić information content (AvgIpc) is 3.64. The molecule has 0 bridgehead atoms. The molecular formula is C47H36N2O. The number of allylic oxidation sites excluding steroid dienone is 3. The summed E-state index contributed by atoms with van der Waals surface area (Å²) in [5.41, 5.74) is 12.9. The van der Waals surface area contributed by atoms with Crippen molar-refractivity contribution in [2.24, 2.45) is 0 Å². The smallest absolute Gasteiger partial charge is 0.226 e. The highest BCUT2D eigenvalue weighted by atomic mass is 16.4. The maximum atomic E-state index is 6.67. The van der Waals surface area contributed by atoms with Gasteiger partial charge in [0.2, 0.25) is 5.89 Å². The van der Waals surface area contributed by atoms with Crippen LogP contribution >= 0.6 is 0 Å². The van der Waals surface area contributed by atoms with Crippen molar-refractivity contribution in [1.82, 2.24) is 4.98 Å². The van der Waals surface area contributed by atoms with E-state index in [-0.39, 0.29) is 12.0 Å². The highest BCUT2D eigenvalue weighted by Gasteiger charge is 2.40. The summed E-state index contributed by atoms with van der Waals surface area (Å²) in [4.78, 5) is 7.70. The van der Waals surface area contributed by atoms with Gasteiger partial charge < -0.3 is 9.32 Å². The van der Waals surface area contributed by atoms with Crippen LogP contribution in [0.1, 0.15) is 23.8 Å². The molecule has 3 heteroatoms. The molecule has 0 saturated heterocycles. The molecule has 0 aliphatic heterocycles. The van der Waals surface area contributed by atoms with Gasteiger partial charge in [-0.1, -0.05) is 146 Å². The van der Waals surface area contributed by atoms with Crippen LogP contribution in [0.5, 0.6) is 0 Å². The second-order valence-corrected chi connectivity index (χ2v) is 13.1. The fraction of sp³-hybridized carbons (Fsp3) is 0.0851. The van der Waals surface area contributed by atoms with Crippen molar-refractivity contribution in [2.45, 2.75) is 24.8 Å². The van der Waals surface area contributed by atoms with Crippen LogP contribution in [0.15, 0.2) is 192 Å². The summed E-state index contributed by atoms with van der Waals surface area (Å²) in [6.45, 7) is 0. The standard InChI is InChI=1S/C47H36N2O/c1-4-12-33(13-5-1)36-20-22-39(23-21-36)47-48-44-32-45(42-18-10-11-19-43(42)46(44)50-47)49(40-28-24-37(25-29-40)34-14-6-2-7-15-34)41-30-26-38(27-31-41)35-16-8-3-9-17-35/h1-18,20-31,43,45H,19,32H2. The minimum Gasteiger partial charge on any atom is -0.440 e. The van der Waals surface area contributed by atoms with Gasteiger partial charge in [0.15, 0.2) is 0 Å². The van der Waals surface area contributed by atoms with Gasteiger partial charge in [-0.15, -0.1) is 0 Å². The van der Waals surface area contributed by atoms with Gasteiger partial charge in [0.05, 0.1) is 11.7 Å². The number of nitrogens with zero attached hydrogens (tertiary/aromatic N) is 2. The number of rotatable bonds is 7. The van der Waals surface area contributed by atoms with Gasteiger partial charge in [-0.05, 0) is 81.8 Å². The summed E-state index contributed by atoms with van der Waals surface area (Å²) in [6, 6.07) is 58.3. The molecule has 6 aromatic carbocycles. The Kier molecular flexibility index (Phi) is 7.79. The number of fused-ring (bicyclic) bond motifs is 3. The van der Waals surface area contributed by atoms with Gasteiger partial charge in [0.1, 0.15) is 5.76 Å². The van der Waals surface area contributed by atoms with Crippen molar-refractivity contribution in [3.8, 4) is 44.8 Å². The number of oxazole rings is 1. The molecule has 0 N–H and O–H groups in total. The molecule has 0 spiro atoms. The van der Waals surface area contributed by atoms with Crippen LogP contribution in [0, 0.1) is 0 Å². The predicted octanol–water partition coefficient (Wildman–Crippen LogP) is 12.1. The van der Waals surface area contributed by atoms with E-state index in [1.165, 1.54) is 39.0 Å². The minimum atomic E-state index is 0.0704. The fourth-order valence-electron chi connectivity index (χ4n) is 7.53. The SMILES string of the molecule is C1=CCC2C(=C1)C(N(c1ccc(-c3ccccc3)cc1)c1ccc(-c3ccccc3)cc1)Cc1nc(-c3ccc(-c4ccccc4)cc3)oc12. The lowest BCUT2D eigenvalue weighted by Gasteiger charge is -2.41. The van der Waals surface area contributed by atoms with Gasteiger partial charge in [-0.25, -0.2) is 4.98 Å². The fourth-order valence-corrected chi connectivity index (χ4v) is 7.53. The molecule has 0 saturated carbocycles. The molecule has 2 unspecified atom stereocenters. The van der Waals surface area contributed by atoms with E-state index < -0.39 is 0 Å². The Bertz CT molecular complexity index is 2200. The van der Waals surface area contributed by atoms with Crippen LogP contribution in [0.2, 0.25) is 0 Å². The first-order valence-electron chi connectivity index (χ1n) is 17.4. The zero-order valence-corrected chi connectivity index (χ0v) is 27.7. The second kappa shape index (κ2) is 13.0. The molecule has 0 amide bonds. The Morgan fingerprint density at radius 2 is 0.940 bits per heavy atom. The summed E-state index contributed by atoms with van der Waals surface area (Å²) < 4.78 is 6.67. The molecule has 1 heterocycles. The van der Waals surface area contributed by atoms with E-state index in [2.05, 4.69) is 181 Å². The highest BCUT2D eigenvalue weighted by Crippen LogP contribution is 2.46. The maximum absolute atomic E-state index is 6.67. The van der Waals surface area contributed by atoms with Gasteiger partial charge in [-0.3, -0.25) is 0 Å². The Balaban J connectivity index is 1.10. The third kappa shape index (κ3) is 5.67. The quantitative estimate of drug-likeness (QED) is 0.173. The van der Waals surface area contributed by atoms with E-state index in [0.717, 1.165) is 41.2 Å². The lowest BCUT2D eigenvalue weighted by Crippen LogP contribution is -2.40. The highest BCUT2D eigenvalue weighted by molar-refractivity contribution is 5.74. The lowest BCUT2D eigenvalue weighted by atomic mass is 9.77. The van der Waals surface area contributed by atoms with E-state index in [1.807, 2.05) is 6.07 Å². The molecule has 7 aromatic rings. The first kappa shape index (κ1) is 29.9. The molecule has 9 rings (SSSR count). The molecule has 2 aliphatic rings. The van der Waals surface area contributed by atoms with Crippen LogP contribution in [0.4, 0.5) is 11.4 Å². The number of hydrogen-bond acceptors (Lipinski definition) is 3. The first-order valence-corrected chi connectivity index (χ1v) is 17.4. The van der Waals surface area contributed by atoms with E-state index >= 15 is 0 Å². The zero-order valence-electron chi connectivity index (χ0n) is 27.7. The Morgan fingerprint density at radius 3 is 1.44 bits per heavy atom. The summed E-state index contributed by atoms with van der Waals surface area (Å²) in [7, 11) is 0. The third-order valence-electron chi connectivity index (χ3n) is 10.1. The van der Waals surface area contributed by atoms with Crippen molar-refractivity contribution in [2.75, 3.05) is 4.90 Å². The molecular weight excluding hydrogens is 609 g/mol. The number of hydrogen-bond donors (Lipinski definition) is 0. The van der Waals surface area contributed by atoms with Gasteiger partial charge in [0, 0.05) is 29.3 Å². The Hall–Kier alpha value is -6.19. The molecule has 0 radical (unpaired) electrons. The molecule has 240 valence electrons. The van der Waals surface area contributed by atoms with Gasteiger partial charge in [-0.2, -0.15) is 0 Å². The molecule has 1 aromatic heterocycles. The Morgan fingerprint density at radius 1 is 0.500 bits per heavy atom. The van der Waals surface area contributed by atoms with Crippen molar-refractivity contribution in [1.29, 1.82) is 0 Å². The van der Waals surface area contributed by atoms with Crippen molar-refractivity contribution < 1.29 is 4.42 Å². The number of anilines is 2. The summed E-state index contributed by atoms with van der Waals surface area (Å²) in [6.07, 6.45) is 8.41. The van der Waals surface area contributed by atoms with Crippen LogP contribution < -0.4 is 4.90 Å². The summed E-state index contributed by atoms with van der Waals surface area (Å²) in [5, 5.41) is 0. The molecule has 0 fully saturated rings. The first-order chi connectivity index (χ1) is 24.8. The minimum absolute atomic E-state index is 0.0704. The van der Waals surface area contributed by atoms with Crippen LogP contribution in [0.25, 0.3) is 44.8 Å². The molecule has 2 atom stereocenters. The average molecular weight is 645 g/mol. The summed E-state index contributed by atoms with van der Waals surface area (Å²) >= 11 is 0. The molecule has 2 aliphatic carbocycles. The summed E-state index contributed by atoms with van der Waals surface area (Å²) in [5.74, 6) is 1.82. The van der Waals surface area contributed by atoms with Crippen LogP contribution in [-0.4, -0.2) is 11.0 Å². The topological polar surface area (TPSA) is 29.3 Å². The monoisotopic (exact) mass is 644 g/mol. The largest absolute Gasteiger partial charge is 0.440 e. The van der Waals surface area contributed by atoms with Crippen molar-refractivity contribution in [3.63, 3.8) is 0 Å². The Labute approximate surface area is 293 Å². The second-order valence-electron chi connectivity index (χ2n) is 13.1. The van der Waals surface area contributed by atoms with Crippen molar-refractivity contribution >= 4 is 11.4 Å². The van der Waals surface area contributed by atoms with E-state index in [1.54, 1.807) is 0 Å². The zero-order chi connectivity index (χ0) is 33.3. The molecule has 50 heavy (non-hydrogen) atoms. The normalized spacial score (nSPS) is 16.3. The van der Waals surface area contributed by atoms with Gasteiger partial charge in [0.25, 0.3) is 0 Å². The van der Waals surface area contributed by atoms with Gasteiger partial charge >= 0.3 is 0 Å². The van der Waals surface area contributed by atoms with Crippen LogP contribution in [-0.2, 0) is 6.42 Å². The van der Waals surface area contributed by atoms with Crippen molar-refractivity contribution in [3.05, 3.63) is 199 Å². The lowest BCUT2D eigenvalue weighted by molar-refractivity contribution is 0.457. The molecule has 3 nitrogen and oxygen atoms in total. The van der Waals surface area contributed by atoms with E-state index in [0.29, 0.717) is 5.89 Å². The predicted molar refractivity (Wildman–Crippen MR) is 205 cm³/mol. The van der Waals surface area contributed by atoms with E-state index in [9.17, 15) is 0 Å². The van der Waals surface area contributed by atoms with E-state index in [4.69, 9.17) is 9.40 Å². The number of aromatic nitrogens is 1. The number of benzene rings is 6. The maximum Gasteiger partial charge on any atom is 0.226 e. The third-order valence-corrected chi connectivity index (χ3v) is 10.1. The van der Waals surface area contributed by atoms with Crippen LogP contribution in [0.3, 0.4) is 0 Å².